The number of hydrogen-bond acceptors (Lipinski definition) is 10. The van der Waals surface area contributed by atoms with E-state index in [2.05, 4.69) is 37.4 Å². The standard InChI is InChI=1S/C3H4N2.B5H4O10/c1-2-5-3-4-1;6-1-10-2(7)13-5(12-1)14-3(8)11-4(9)15-5/h1-3H,(H,4,5);6-9H/q;-1/p+1. The van der Waals surface area contributed by atoms with Crippen molar-refractivity contribution in [3.63, 3.8) is 0 Å². The van der Waals surface area contributed by atoms with Crippen molar-refractivity contribution in [2.24, 2.45) is 0 Å². The number of imidazole rings is 1. The fraction of sp³-hybridized carbons (Fsp3) is 0. The molecule has 106 valence electrons. The van der Waals surface area contributed by atoms with E-state index < -0.39 is 36.2 Å². The van der Waals surface area contributed by atoms with Crippen LogP contribution < -0.4 is 4.98 Å². The summed E-state index contributed by atoms with van der Waals surface area (Å²) in [6.45, 7) is -3.21. The first kappa shape index (κ1) is 15.5. The van der Waals surface area contributed by atoms with E-state index in [1.807, 2.05) is 12.4 Å². The molecule has 20 heavy (non-hydrogen) atoms. The second kappa shape index (κ2) is 6.73. The Kier molecular flexibility index (Phi) is 5.22. The van der Waals surface area contributed by atoms with Crippen molar-refractivity contribution < 1.29 is 52.5 Å². The van der Waals surface area contributed by atoms with Crippen LogP contribution in [0, 0.1) is 0 Å². The van der Waals surface area contributed by atoms with Gasteiger partial charge in [-0.25, -0.2) is 0 Å². The Balaban J connectivity index is 0.000000247. The second-order valence-electron chi connectivity index (χ2n) is 3.43. The highest BCUT2D eigenvalue weighted by atomic mass is 17.0. The van der Waals surface area contributed by atoms with Gasteiger partial charge in [0.25, 0.3) is 0 Å². The summed E-state index contributed by atoms with van der Waals surface area (Å²) in [5, 5.41) is 35.7. The second-order valence-corrected chi connectivity index (χ2v) is 3.43. The van der Waals surface area contributed by atoms with Crippen molar-refractivity contribution in [2.45, 2.75) is 0 Å². The van der Waals surface area contributed by atoms with Gasteiger partial charge in [0, 0.05) is 0 Å². The smallest absolute Gasteiger partial charge is 0.539 e. The number of H-pyrrole nitrogens is 2. The van der Waals surface area contributed by atoms with Crippen LogP contribution in [0.4, 0.5) is 0 Å². The Morgan fingerprint density at radius 1 is 0.850 bits per heavy atom. The predicted molar refractivity (Wildman–Crippen MR) is 61.5 cm³/mol. The molecule has 0 amide bonds. The summed E-state index contributed by atoms with van der Waals surface area (Å²) in [5.41, 5.74) is 0. The SMILES string of the molecule is OB1OB(O)O[B-]2(O1)OB(O)OB(O)O2.c1c[nH+]c[nH]1. The number of aromatic amines is 2. The van der Waals surface area contributed by atoms with Crippen molar-refractivity contribution in [2.75, 3.05) is 0 Å². The van der Waals surface area contributed by atoms with Crippen LogP contribution in [0.1, 0.15) is 0 Å². The van der Waals surface area contributed by atoms with Gasteiger partial charge in [0.1, 0.15) is 12.4 Å². The molecule has 1 spiro atoms. The van der Waals surface area contributed by atoms with Gasteiger partial charge >= 0.3 is 36.2 Å². The van der Waals surface area contributed by atoms with E-state index in [1.54, 1.807) is 6.33 Å². The number of hydrogen-bond donors (Lipinski definition) is 5. The van der Waals surface area contributed by atoms with Crippen molar-refractivity contribution >= 4 is 36.2 Å². The molecule has 6 N–H and O–H groups in total. The minimum atomic E-state index is -3.21. The lowest BCUT2D eigenvalue weighted by Gasteiger charge is -2.49. The van der Waals surface area contributed by atoms with Gasteiger partial charge in [-0.05, 0) is 0 Å². The molecular weight excluding hydrogens is 278 g/mol. The fourth-order valence-corrected chi connectivity index (χ4v) is 1.33. The highest BCUT2D eigenvalue weighted by molar-refractivity contribution is 6.81. The van der Waals surface area contributed by atoms with Gasteiger partial charge in [-0.2, -0.15) is 0 Å². The van der Waals surface area contributed by atoms with Gasteiger partial charge in [-0.3, -0.25) is 9.97 Å². The molecule has 2 aliphatic rings. The highest BCUT2D eigenvalue weighted by Crippen LogP contribution is 2.23. The number of aromatic nitrogens is 2. The molecule has 3 heterocycles. The zero-order chi connectivity index (χ0) is 14.6. The van der Waals surface area contributed by atoms with Gasteiger partial charge < -0.3 is 47.5 Å². The minimum Gasteiger partial charge on any atom is -0.539 e. The highest BCUT2D eigenvalue weighted by Gasteiger charge is 2.53. The molecule has 0 saturated carbocycles. The van der Waals surface area contributed by atoms with E-state index in [-0.39, 0.29) is 0 Å². The van der Waals surface area contributed by atoms with Crippen LogP contribution in [0.25, 0.3) is 0 Å². The van der Waals surface area contributed by atoms with Crippen molar-refractivity contribution in [1.29, 1.82) is 0 Å². The largest absolute Gasteiger partial charge is 0.582 e. The molecule has 1 aromatic heterocycles. The zero-order valence-electron chi connectivity index (χ0n) is 9.86. The first-order valence-corrected chi connectivity index (χ1v) is 5.35. The summed E-state index contributed by atoms with van der Waals surface area (Å²) in [7, 11) is -7.59. The van der Waals surface area contributed by atoms with Crippen LogP contribution in [-0.4, -0.2) is 61.3 Å². The fourth-order valence-electron chi connectivity index (χ4n) is 1.33. The molecule has 0 aliphatic carbocycles. The van der Waals surface area contributed by atoms with E-state index in [9.17, 15) is 0 Å². The normalized spacial score (nSPS) is 21.8. The summed E-state index contributed by atoms with van der Waals surface area (Å²) in [6.07, 6.45) is 5.39. The van der Waals surface area contributed by atoms with Gasteiger partial charge in [0.2, 0.25) is 6.33 Å². The van der Waals surface area contributed by atoms with Crippen LogP contribution in [0.3, 0.4) is 0 Å². The Hall–Kier alpha value is -0.865. The molecule has 2 aliphatic heterocycles. The molecule has 0 aromatic carbocycles. The van der Waals surface area contributed by atoms with Crippen LogP contribution in [-0.2, 0) is 27.4 Å². The van der Waals surface area contributed by atoms with E-state index in [0.29, 0.717) is 0 Å². The van der Waals surface area contributed by atoms with Crippen LogP contribution in [0.5, 0.6) is 0 Å². The summed E-state index contributed by atoms with van der Waals surface area (Å²) in [5.74, 6) is 0. The maximum Gasteiger partial charge on any atom is 0.582 e. The maximum atomic E-state index is 8.94. The maximum absolute atomic E-state index is 8.94. The Morgan fingerprint density at radius 2 is 1.30 bits per heavy atom. The zero-order valence-corrected chi connectivity index (χ0v) is 9.86. The van der Waals surface area contributed by atoms with E-state index >= 15 is 0 Å². The molecule has 17 heteroatoms. The minimum absolute atomic E-state index is 1.75. The Morgan fingerprint density at radius 3 is 1.55 bits per heavy atom. The van der Waals surface area contributed by atoms with Gasteiger partial charge in [-0.15, -0.1) is 0 Å². The molecule has 1 aromatic rings. The average molecular weight is 287 g/mol. The third kappa shape index (κ3) is 4.32. The van der Waals surface area contributed by atoms with Gasteiger partial charge in [-0.1, -0.05) is 0 Å². The Bertz CT molecular complexity index is 332. The molecular formula is C3H9B5N2O10. The van der Waals surface area contributed by atoms with Crippen LogP contribution in [0.2, 0.25) is 0 Å². The summed E-state index contributed by atoms with van der Waals surface area (Å²) >= 11 is 0. The lowest BCUT2D eigenvalue weighted by Crippen LogP contribution is -2.69. The molecule has 12 nitrogen and oxygen atoms in total. The lowest BCUT2D eigenvalue weighted by atomic mass is 9.84. The third-order valence-electron chi connectivity index (χ3n) is 2.04. The molecule has 2 saturated heterocycles. The van der Waals surface area contributed by atoms with Gasteiger partial charge in [0.15, 0.2) is 0 Å². The summed E-state index contributed by atoms with van der Waals surface area (Å²) in [4.78, 5) is 5.61. The molecule has 0 bridgehead atoms. The van der Waals surface area contributed by atoms with Crippen LogP contribution in [0.15, 0.2) is 18.7 Å². The Labute approximate surface area is 113 Å². The molecule has 0 unspecified atom stereocenters. The van der Waals surface area contributed by atoms with E-state index in [1.165, 1.54) is 0 Å². The lowest BCUT2D eigenvalue weighted by molar-refractivity contribution is -0.375. The third-order valence-corrected chi connectivity index (χ3v) is 2.04. The van der Waals surface area contributed by atoms with Crippen molar-refractivity contribution in [3.05, 3.63) is 18.7 Å². The quantitative estimate of drug-likeness (QED) is 0.292. The first-order chi connectivity index (χ1) is 9.49. The van der Waals surface area contributed by atoms with E-state index in [0.717, 1.165) is 0 Å². The molecule has 0 radical (unpaired) electrons. The van der Waals surface area contributed by atoms with Crippen molar-refractivity contribution in [3.8, 4) is 0 Å². The summed E-state index contributed by atoms with van der Waals surface area (Å²) in [6, 6.07) is 0. The van der Waals surface area contributed by atoms with Crippen LogP contribution >= 0.6 is 0 Å². The average Bonchev–Trinajstić information content (AvgIpc) is 2.82. The monoisotopic (exact) mass is 288 g/mol. The topological polar surface area (TPSA) is 166 Å². The molecule has 2 fully saturated rings. The number of nitrogens with one attached hydrogen (secondary N) is 2. The van der Waals surface area contributed by atoms with Crippen molar-refractivity contribution in [1.82, 2.24) is 4.98 Å². The molecule has 3 rings (SSSR count). The molecule has 0 atom stereocenters. The van der Waals surface area contributed by atoms with Gasteiger partial charge in [0.05, 0.1) is 0 Å². The van der Waals surface area contributed by atoms with E-state index in [4.69, 9.17) is 20.1 Å². The predicted octanol–water partition coefficient (Wildman–Crippen LogP) is -4.71. The summed E-state index contributed by atoms with van der Waals surface area (Å²) < 4.78 is 26.4. The number of rotatable bonds is 0. The first-order valence-electron chi connectivity index (χ1n) is 5.35.